The van der Waals surface area contributed by atoms with Gasteiger partial charge in [-0.3, -0.25) is 14.5 Å². The molecule has 1 saturated heterocycles. The molecule has 0 radical (unpaired) electrons. The van der Waals surface area contributed by atoms with Gasteiger partial charge in [0.25, 0.3) is 5.91 Å². The first-order chi connectivity index (χ1) is 13.3. The number of hydrogen-bond acceptors (Lipinski definition) is 4. The van der Waals surface area contributed by atoms with Gasteiger partial charge >= 0.3 is 0 Å². The molecular weight excluding hydrogens is 485 g/mol. The summed E-state index contributed by atoms with van der Waals surface area (Å²) in [5, 5.41) is 9.99. The molecule has 1 heterocycles. The van der Waals surface area contributed by atoms with E-state index in [0.717, 1.165) is 21.8 Å². The van der Waals surface area contributed by atoms with Crippen LogP contribution in [-0.2, 0) is 16.0 Å². The van der Waals surface area contributed by atoms with Crippen molar-refractivity contribution in [3.05, 3.63) is 73.1 Å². The van der Waals surface area contributed by atoms with E-state index in [-0.39, 0.29) is 16.5 Å². The third-order valence-electron chi connectivity index (χ3n) is 4.03. The predicted octanol–water partition coefficient (Wildman–Crippen LogP) is 4.67. The summed E-state index contributed by atoms with van der Waals surface area (Å²) >= 11 is 16.6. The van der Waals surface area contributed by atoms with Crippen LogP contribution in [0, 0.1) is 11.3 Å². The second kappa shape index (κ2) is 8.58. The zero-order valence-corrected chi connectivity index (χ0v) is 18.1. The number of hydrogen-bond donors (Lipinski definition) is 1. The first-order valence-corrected chi connectivity index (χ1v) is 10.4. The Bertz CT molecular complexity index is 1030. The molecule has 1 aliphatic rings. The number of carbonyl (C=O) groups is 2. The molecule has 5 nitrogen and oxygen atoms in total. The molecule has 9 heteroatoms. The highest BCUT2D eigenvalue weighted by Crippen LogP contribution is 2.42. The van der Waals surface area contributed by atoms with Crippen LogP contribution in [-0.4, -0.2) is 17.1 Å². The van der Waals surface area contributed by atoms with Crippen molar-refractivity contribution < 1.29 is 9.59 Å². The molecule has 1 fully saturated rings. The van der Waals surface area contributed by atoms with Crippen LogP contribution in [0.2, 0.25) is 10.0 Å². The van der Waals surface area contributed by atoms with Gasteiger partial charge in [-0.25, -0.2) is 0 Å². The summed E-state index contributed by atoms with van der Waals surface area (Å²) < 4.78 is 0.834. The maximum Gasteiger partial charge on any atom is 0.262 e. The van der Waals surface area contributed by atoms with Crippen LogP contribution in [0.15, 0.2) is 57.5 Å². The number of nitriles is 1. The molecule has 0 unspecified atom stereocenters. The van der Waals surface area contributed by atoms with Gasteiger partial charge in [0.1, 0.15) is 16.7 Å². The molecule has 1 atom stereocenters. The van der Waals surface area contributed by atoms with E-state index in [0.29, 0.717) is 22.2 Å². The minimum Gasteiger partial charge on any atom is -0.365 e. The first-order valence-electron chi connectivity index (χ1n) is 7.96. The van der Waals surface area contributed by atoms with Crippen LogP contribution in [0.3, 0.4) is 0 Å². The quantitative estimate of drug-likeness (QED) is 0.492. The van der Waals surface area contributed by atoms with Crippen LogP contribution in [0.5, 0.6) is 0 Å². The number of rotatable bonds is 4. The van der Waals surface area contributed by atoms with Crippen molar-refractivity contribution in [2.24, 2.45) is 5.73 Å². The minimum absolute atomic E-state index is 0.220. The van der Waals surface area contributed by atoms with Crippen LogP contribution >= 0.6 is 50.9 Å². The van der Waals surface area contributed by atoms with Crippen molar-refractivity contribution in [3.8, 4) is 6.07 Å². The fourth-order valence-corrected chi connectivity index (χ4v) is 4.77. The van der Waals surface area contributed by atoms with Crippen molar-refractivity contribution in [2.45, 2.75) is 11.7 Å². The van der Waals surface area contributed by atoms with Gasteiger partial charge in [0, 0.05) is 20.2 Å². The average molecular weight is 497 g/mol. The Kier molecular flexibility index (Phi) is 6.36. The number of benzene rings is 2. The lowest BCUT2D eigenvalue weighted by atomic mass is 10.1. The number of amides is 2. The van der Waals surface area contributed by atoms with Crippen molar-refractivity contribution in [1.82, 2.24) is 0 Å². The summed E-state index contributed by atoms with van der Waals surface area (Å²) in [5.74, 6) is -1.15. The van der Waals surface area contributed by atoms with Crippen molar-refractivity contribution in [2.75, 3.05) is 4.90 Å². The normalized spacial score (nSPS) is 18.1. The predicted molar refractivity (Wildman–Crippen MR) is 115 cm³/mol. The molecule has 2 amide bonds. The molecular formula is C19H12BrCl2N3O2S. The van der Waals surface area contributed by atoms with Crippen molar-refractivity contribution >= 4 is 68.4 Å². The Morgan fingerprint density at radius 2 is 1.93 bits per heavy atom. The molecule has 3 rings (SSSR count). The lowest BCUT2D eigenvalue weighted by molar-refractivity contribution is -0.117. The number of carbonyl (C=O) groups excluding carboxylic acids is 2. The fraction of sp³-hybridized carbons (Fsp3) is 0.105. The fourth-order valence-electron chi connectivity index (χ4n) is 2.71. The summed E-state index contributed by atoms with van der Waals surface area (Å²) in [5.41, 5.74) is 6.38. The summed E-state index contributed by atoms with van der Waals surface area (Å²) in [6.45, 7) is 0. The molecule has 0 spiro atoms. The van der Waals surface area contributed by atoms with E-state index in [2.05, 4.69) is 15.9 Å². The van der Waals surface area contributed by atoms with E-state index in [9.17, 15) is 14.9 Å². The van der Waals surface area contributed by atoms with E-state index in [1.54, 1.807) is 42.5 Å². The van der Waals surface area contributed by atoms with Gasteiger partial charge in [-0.15, -0.1) is 0 Å². The zero-order valence-electron chi connectivity index (χ0n) is 14.2. The van der Waals surface area contributed by atoms with Crippen LogP contribution < -0.4 is 10.6 Å². The molecule has 142 valence electrons. The van der Waals surface area contributed by atoms with Gasteiger partial charge in [-0.05, 0) is 48.4 Å². The Hall–Kier alpha value is -1.98. The summed E-state index contributed by atoms with van der Waals surface area (Å²) in [6, 6.07) is 13.8. The smallest absolute Gasteiger partial charge is 0.262 e. The molecule has 0 aliphatic carbocycles. The molecule has 1 aliphatic heterocycles. The SMILES string of the molecule is N#C/C(C(N)=O)=C1/S[C@H](Cc2ccc(Cl)cc2Cl)C(=O)N1c1ccc(Br)cc1. The molecule has 2 aromatic carbocycles. The Labute approximate surface area is 184 Å². The lowest BCUT2D eigenvalue weighted by Gasteiger charge is -2.18. The summed E-state index contributed by atoms with van der Waals surface area (Å²) in [7, 11) is 0. The second-order valence-electron chi connectivity index (χ2n) is 5.85. The zero-order chi connectivity index (χ0) is 20.4. The van der Waals surface area contributed by atoms with Gasteiger partial charge < -0.3 is 5.73 Å². The molecule has 28 heavy (non-hydrogen) atoms. The molecule has 2 N–H and O–H groups in total. The van der Waals surface area contributed by atoms with Gasteiger partial charge in [0.05, 0.1) is 5.25 Å². The number of primary amides is 1. The van der Waals surface area contributed by atoms with E-state index in [1.165, 1.54) is 4.90 Å². The number of nitrogens with two attached hydrogens (primary N) is 1. The van der Waals surface area contributed by atoms with Gasteiger partial charge in [0.2, 0.25) is 5.91 Å². The number of anilines is 1. The summed E-state index contributed by atoms with van der Waals surface area (Å²) in [6.07, 6.45) is 0.313. The Morgan fingerprint density at radius 3 is 2.50 bits per heavy atom. The average Bonchev–Trinajstić information content (AvgIpc) is 2.95. The first kappa shape index (κ1) is 20.7. The van der Waals surface area contributed by atoms with Gasteiger partial charge in [-0.1, -0.05) is 57.0 Å². The molecule has 2 aromatic rings. The molecule has 0 saturated carbocycles. The van der Waals surface area contributed by atoms with E-state index in [4.69, 9.17) is 28.9 Å². The number of halogens is 3. The Balaban J connectivity index is 2.04. The third-order valence-corrected chi connectivity index (χ3v) is 6.41. The maximum atomic E-state index is 13.2. The topological polar surface area (TPSA) is 87.2 Å². The van der Waals surface area contributed by atoms with E-state index in [1.807, 2.05) is 6.07 Å². The molecule has 0 aromatic heterocycles. The van der Waals surface area contributed by atoms with Crippen LogP contribution in [0.1, 0.15) is 5.56 Å². The van der Waals surface area contributed by atoms with E-state index < -0.39 is 11.2 Å². The third kappa shape index (κ3) is 4.20. The van der Waals surface area contributed by atoms with Crippen LogP contribution in [0.25, 0.3) is 0 Å². The monoisotopic (exact) mass is 495 g/mol. The second-order valence-corrected chi connectivity index (χ2v) is 8.80. The highest BCUT2D eigenvalue weighted by atomic mass is 79.9. The standard InChI is InChI=1S/C19H12BrCl2N3O2S/c20-11-2-5-13(6-3-11)25-18(27)16(28-19(25)14(9-23)17(24)26)7-10-1-4-12(21)8-15(10)22/h1-6,8,16H,7H2,(H2,24,26)/b19-14-/t16-/m1/s1. The maximum absolute atomic E-state index is 13.2. The minimum atomic E-state index is -0.884. The van der Waals surface area contributed by atoms with Crippen molar-refractivity contribution in [3.63, 3.8) is 0 Å². The summed E-state index contributed by atoms with van der Waals surface area (Å²) in [4.78, 5) is 26.3. The number of thioether (sulfide) groups is 1. The lowest BCUT2D eigenvalue weighted by Crippen LogP contribution is -2.31. The highest BCUT2D eigenvalue weighted by molar-refractivity contribution is 9.10. The molecule has 0 bridgehead atoms. The van der Waals surface area contributed by atoms with Gasteiger partial charge in [0.15, 0.2) is 0 Å². The van der Waals surface area contributed by atoms with Crippen molar-refractivity contribution in [1.29, 1.82) is 5.26 Å². The highest BCUT2D eigenvalue weighted by Gasteiger charge is 2.40. The Morgan fingerprint density at radius 1 is 1.25 bits per heavy atom. The van der Waals surface area contributed by atoms with Crippen LogP contribution in [0.4, 0.5) is 5.69 Å². The van der Waals surface area contributed by atoms with E-state index >= 15 is 0 Å². The largest absolute Gasteiger partial charge is 0.365 e. The number of nitrogens with zero attached hydrogens (tertiary/aromatic N) is 2. The van der Waals surface area contributed by atoms with Gasteiger partial charge in [-0.2, -0.15) is 5.26 Å².